The Bertz CT molecular complexity index is 1210. The summed E-state index contributed by atoms with van der Waals surface area (Å²) in [6.45, 7) is 10.1. The molecule has 0 aliphatic carbocycles. The third-order valence-electron chi connectivity index (χ3n) is 6.11. The van der Waals surface area contributed by atoms with E-state index in [-0.39, 0.29) is 22.1 Å². The fraction of sp³-hybridized carbons (Fsp3) is 0.241. The molecular formula is C29H33NO3S2. The third-order valence-corrected chi connectivity index (χ3v) is 9.33. The summed E-state index contributed by atoms with van der Waals surface area (Å²) in [6, 6.07) is 24.4. The van der Waals surface area contributed by atoms with Gasteiger partial charge in [-0.05, 0) is 55.3 Å². The lowest BCUT2D eigenvalue weighted by atomic mass is 9.90. The Morgan fingerprint density at radius 3 is 2.11 bits per heavy atom. The minimum atomic E-state index is -3.74. The average molecular weight is 508 g/mol. The third kappa shape index (κ3) is 6.66. The second-order valence-electron chi connectivity index (χ2n) is 8.40. The van der Waals surface area contributed by atoms with Crippen molar-refractivity contribution in [2.45, 2.75) is 34.4 Å². The average Bonchev–Trinajstić information content (AvgIpc) is 2.88. The van der Waals surface area contributed by atoms with E-state index < -0.39 is 10.0 Å². The number of rotatable bonds is 12. The SMILES string of the molecule is C=C[C@H]([C@H](C=C)Sc1ccccc1)[C@@H](Cc1ccc(OC)cc1)N(C)S(=O)(=O)c1ccc(C)cc1. The maximum Gasteiger partial charge on any atom is 0.243 e. The first kappa shape index (κ1) is 26.8. The normalized spacial score (nSPS) is 14.2. The molecule has 0 radical (unpaired) electrons. The Morgan fingerprint density at radius 2 is 1.57 bits per heavy atom. The molecule has 3 aromatic rings. The number of aryl methyl sites for hydroxylation is 1. The number of benzene rings is 3. The van der Waals surface area contributed by atoms with Crippen LogP contribution in [0.2, 0.25) is 0 Å². The van der Waals surface area contributed by atoms with Gasteiger partial charge in [0.1, 0.15) is 5.75 Å². The van der Waals surface area contributed by atoms with E-state index in [1.807, 2.05) is 85.8 Å². The maximum absolute atomic E-state index is 13.7. The van der Waals surface area contributed by atoms with Gasteiger partial charge in [-0.15, -0.1) is 24.9 Å². The van der Waals surface area contributed by atoms with Gasteiger partial charge in [0.2, 0.25) is 10.0 Å². The molecule has 0 spiro atoms. The Labute approximate surface area is 214 Å². The zero-order valence-corrected chi connectivity index (χ0v) is 22.1. The number of methoxy groups -OCH3 is 1. The van der Waals surface area contributed by atoms with E-state index in [1.165, 1.54) is 4.31 Å². The van der Waals surface area contributed by atoms with Crippen molar-refractivity contribution < 1.29 is 13.2 Å². The van der Waals surface area contributed by atoms with E-state index >= 15 is 0 Å². The minimum absolute atomic E-state index is 0.0752. The Hall–Kier alpha value is -2.80. The molecule has 4 nitrogen and oxygen atoms in total. The fourth-order valence-corrected chi connectivity index (χ4v) is 6.57. The first-order valence-electron chi connectivity index (χ1n) is 11.4. The van der Waals surface area contributed by atoms with Gasteiger partial charge in [-0.2, -0.15) is 4.31 Å². The van der Waals surface area contributed by atoms with Crippen molar-refractivity contribution in [1.29, 1.82) is 0 Å². The summed E-state index contributed by atoms with van der Waals surface area (Å²) in [4.78, 5) is 1.37. The number of hydrogen-bond donors (Lipinski definition) is 0. The Kier molecular flexibility index (Phi) is 9.38. The Morgan fingerprint density at radius 1 is 0.943 bits per heavy atom. The highest BCUT2D eigenvalue weighted by Crippen LogP contribution is 2.35. The molecule has 0 N–H and O–H groups in total. The molecule has 0 unspecified atom stereocenters. The van der Waals surface area contributed by atoms with E-state index in [9.17, 15) is 8.42 Å². The lowest BCUT2D eigenvalue weighted by Crippen LogP contribution is -2.45. The number of ether oxygens (including phenoxy) is 1. The van der Waals surface area contributed by atoms with Crippen molar-refractivity contribution in [3.8, 4) is 5.75 Å². The number of hydrogen-bond acceptors (Lipinski definition) is 4. The van der Waals surface area contributed by atoms with Crippen molar-refractivity contribution >= 4 is 21.8 Å². The molecule has 6 heteroatoms. The van der Waals surface area contributed by atoms with E-state index in [4.69, 9.17) is 4.74 Å². The largest absolute Gasteiger partial charge is 0.497 e. The highest BCUT2D eigenvalue weighted by molar-refractivity contribution is 8.00. The molecule has 0 aromatic heterocycles. The van der Waals surface area contributed by atoms with Crippen LogP contribution in [0.4, 0.5) is 0 Å². The molecule has 3 atom stereocenters. The van der Waals surface area contributed by atoms with Gasteiger partial charge in [0.15, 0.2) is 0 Å². The van der Waals surface area contributed by atoms with Crippen molar-refractivity contribution in [3.63, 3.8) is 0 Å². The van der Waals surface area contributed by atoms with Crippen molar-refractivity contribution in [1.82, 2.24) is 4.31 Å². The highest BCUT2D eigenvalue weighted by Gasteiger charge is 2.35. The summed E-state index contributed by atoms with van der Waals surface area (Å²) < 4.78 is 34.2. The van der Waals surface area contributed by atoms with E-state index in [1.54, 1.807) is 38.1 Å². The van der Waals surface area contributed by atoms with Gasteiger partial charge in [-0.1, -0.05) is 60.2 Å². The Balaban J connectivity index is 2.01. The summed E-state index contributed by atoms with van der Waals surface area (Å²) in [5.74, 6) is 0.569. The van der Waals surface area contributed by atoms with Crippen LogP contribution in [0, 0.1) is 12.8 Å². The van der Waals surface area contributed by atoms with Crippen LogP contribution in [0.1, 0.15) is 11.1 Å². The molecule has 184 valence electrons. The van der Waals surface area contributed by atoms with E-state index in [2.05, 4.69) is 13.2 Å². The van der Waals surface area contributed by atoms with Gasteiger partial charge in [-0.25, -0.2) is 8.42 Å². The van der Waals surface area contributed by atoms with Gasteiger partial charge in [-0.3, -0.25) is 0 Å². The van der Waals surface area contributed by atoms with Crippen molar-refractivity contribution in [2.24, 2.45) is 5.92 Å². The first-order valence-corrected chi connectivity index (χ1v) is 13.8. The van der Waals surface area contributed by atoms with Crippen molar-refractivity contribution in [2.75, 3.05) is 14.2 Å². The molecule has 0 saturated carbocycles. The lowest BCUT2D eigenvalue weighted by molar-refractivity contribution is 0.303. The molecule has 0 saturated heterocycles. The van der Waals surface area contributed by atoms with Gasteiger partial charge in [0.25, 0.3) is 0 Å². The fourth-order valence-electron chi connectivity index (χ4n) is 4.02. The topological polar surface area (TPSA) is 46.6 Å². The van der Waals surface area contributed by atoms with E-state index in [0.717, 1.165) is 21.8 Å². The van der Waals surface area contributed by atoms with Gasteiger partial charge in [0, 0.05) is 29.2 Å². The van der Waals surface area contributed by atoms with Crippen LogP contribution >= 0.6 is 11.8 Å². The molecular weight excluding hydrogens is 474 g/mol. The molecule has 35 heavy (non-hydrogen) atoms. The molecule has 3 aromatic carbocycles. The minimum Gasteiger partial charge on any atom is -0.497 e. The summed E-state index contributed by atoms with van der Waals surface area (Å²) in [5, 5.41) is -0.0752. The lowest BCUT2D eigenvalue weighted by Gasteiger charge is -2.36. The molecule has 0 aliphatic rings. The van der Waals surface area contributed by atoms with Crippen LogP contribution in [-0.2, 0) is 16.4 Å². The van der Waals surface area contributed by atoms with Gasteiger partial charge >= 0.3 is 0 Å². The standard InChI is InChI=1S/C29H33NO3S2/c1-6-27(29(7-2)34-25-11-9-8-10-12-25)28(21-23-15-17-24(33-5)18-16-23)30(4)35(31,32)26-19-13-22(3)14-20-26/h6-20,27-29H,1-2,21H2,3-5H3/t27-,28+,29-/m0/s1. The molecule has 0 bridgehead atoms. The quantitative estimate of drug-likeness (QED) is 0.211. The van der Waals surface area contributed by atoms with Crippen LogP contribution in [-0.4, -0.2) is 38.2 Å². The monoisotopic (exact) mass is 507 g/mol. The van der Waals surface area contributed by atoms with Gasteiger partial charge < -0.3 is 4.74 Å². The second kappa shape index (κ2) is 12.2. The van der Waals surface area contributed by atoms with Crippen LogP contribution < -0.4 is 4.74 Å². The van der Waals surface area contributed by atoms with E-state index in [0.29, 0.717) is 6.42 Å². The second-order valence-corrected chi connectivity index (χ2v) is 11.6. The summed E-state index contributed by atoms with van der Waals surface area (Å²) in [7, 11) is -0.452. The molecule has 3 rings (SSSR count). The smallest absolute Gasteiger partial charge is 0.243 e. The maximum atomic E-state index is 13.7. The molecule has 0 aliphatic heterocycles. The molecule has 0 heterocycles. The van der Waals surface area contributed by atoms with Crippen LogP contribution in [0.5, 0.6) is 5.75 Å². The highest BCUT2D eigenvalue weighted by atomic mass is 32.2. The number of nitrogens with zero attached hydrogens (tertiary/aromatic N) is 1. The molecule has 0 amide bonds. The number of sulfonamides is 1. The predicted octanol–water partition coefficient (Wildman–Crippen LogP) is 6.38. The predicted molar refractivity (Wildman–Crippen MR) is 147 cm³/mol. The van der Waals surface area contributed by atoms with Crippen molar-refractivity contribution in [3.05, 3.63) is 115 Å². The van der Waals surface area contributed by atoms with Crippen LogP contribution in [0.3, 0.4) is 0 Å². The number of likely N-dealkylation sites (N-methyl/N-ethyl adjacent to an activating group) is 1. The first-order chi connectivity index (χ1) is 16.8. The molecule has 0 fully saturated rings. The zero-order valence-electron chi connectivity index (χ0n) is 20.5. The summed E-state index contributed by atoms with van der Waals surface area (Å²) in [5.41, 5.74) is 2.03. The summed E-state index contributed by atoms with van der Waals surface area (Å²) in [6.07, 6.45) is 4.26. The number of thioether (sulfide) groups is 1. The van der Waals surface area contributed by atoms with Crippen LogP contribution in [0.25, 0.3) is 0 Å². The summed E-state index contributed by atoms with van der Waals surface area (Å²) >= 11 is 1.66. The zero-order chi connectivity index (χ0) is 25.4. The van der Waals surface area contributed by atoms with Gasteiger partial charge in [0.05, 0.1) is 12.0 Å². The van der Waals surface area contributed by atoms with Crippen LogP contribution in [0.15, 0.2) is 114 Å².